The number of rotatable bonds is 7. The Bertz CT molecular complexity index is 1590. The van der Waals surface area contributed by atoms with Crippen molar-refractivity contribution in [2.75, 3.05) is 58.9 Å². The van der Waals surface area contributed by atoms with Crippen LogP contribution >= 0.6 is 11.3 Å². The summed E-state index contributed by atoms with van der Waals surface area (Å²) in [7, 11) is 8.40. The number of aliphatic imine (C=N–C) groups is 1. The van der Waals surface area contributed by atoms with Gasteiger partial charge in [0.1, 0.15) is 16.9 Å². The first-order chi connectivity index (χ1) is 20.1. The lowest BCUT2D eigenvalue weighted by atomic mass is 9.75. The summed E-state index contributed by atoms with van der Waals surface area (Å²) < 4.78 is 35.8. The Labute approximate surface area is 248 Å². The van der Waals surface area contributed by atoms with Crippen LogP contribution in [-0.4, -0.2) is 91.3 Å². The van der Waals surface area contributed by atoms with Crippen molar-refractivity contribution >= 4 is 37.9 Å². The van der Waals surface area contributed by atoms with E-state index in [0.29, 0.717) is 29.6 Å². The van der Waals surface area contributed by atoms with E-state index in [4.69, 9.17) is 15.5 Å². The predicted octanol–water partition coefficient (Wildman–Crippen LogP) is 4.68. The SMILES string of the molecule is CN(CC1(N(C)C)CCC1)C1=NC(OCC2CCCN2C)Nc2cc(-c3cc(F)c(F)c4sc(N)c(C#N)c34)ncc21. The molecule has 0 radical (unpaired) electrons. The summed E-state index contributed by atoms with van der Waals surface area (Å²) in [6.45, 7) is 2.38. The summed E-state index contributed by atoms with van der Waals surface area (Å²) in [4.78, 5) is 16.4. The maximum atomic E-state index is 14.8. The highest BCUT2D eigenvalue weighted by Gasteiger charge is 2.41. The largest absolute Gasteiger partial charge is 0.389 e. The number of fused-ring (bicyclic) bond motifs is 2. The van der Waals surface area contributed by atoms with Crippen LogP contribution in [-0.2, 0) is 4.74 Å². The van der Waals surface area contributed by atoms with Crippen molar-refractivity contribution in [3.63, 3.8) is 0 Å². The van der Waals surface area contributed by atoms with Crippen LogP contribution in [0.2, 0.25) is 0 Å². The van der Waals surface area contributed by atoms with Crippen molar-refractivity contribution in [2.24, 2.45) is 4.99 Å². The number of thiophene rings is 1. The number of likely N-dealkylation sites (tertiary alicyclic amines) is 1. The van der Waals surface area contributed by atoms with Crippen molar-refractivity contribution in [2.45, 2.75) is 50.0 Å². The summed E-state index contributed by atoms with van der Waals surface area (Å²) in [6.07, 6.45) is 6.72. The Morgan fingerprint density at radius 3 is 2.67 bits per heavy atom. The molecule has 42 heavy (non-hydrogen) atoms. The van der Waals surface area contributed by atoms with Crippen LogP contribution in [0, 0.1) is 23.0 Å². The number of anilines is 2. The van der Waals surface area contributed by atoms with Crippen molar-refractivity contribution in [3.8, 4) is 17.3 Å². The predicted molar refractivity (Wildman–Crippen MR) is 163 cm³/mol. The Morgan fingerprint density at radius 2 is 2.02 bits per heavy atom. The Hall–Kier alpha value is -3.37. The molecule has 0 amide bonds. The lowest BCUT2D eigenvalue weighted by Gasteiger charge is -2.50. The molecule has 4 heterocycles. The van der Waals surface area contributed by atoms with E-state index in [9.17, 15) is 14.0 Å². The van der Waals surface area contributed by atoms with E-state index >= 15 is 0 Å². The highest BCUT2D eigenvalue weighted by molar-refractivity contribution is 7.23. The van der Waals surface area contributed by atoms with Gasteiger partial charge >= 0.3 is 0 Å². The maximum absolute atomic E-state index is 14.8. The minimum atomic E-state index is -1.02. The molecular formula is C30H36F2N8OS. The third-order valence-electron chi connectivity index (χ3n) is 9.18. The van der Waals surface area contributed by atoms with E-state index < -0.39 is 18.0 Å². The van der Waals surface area contributed by atoms with Gasteiger partial charge in [-0.15, -0.1) is 11.3 Å². The lowest BCUT2D eigenvalue weighted by Crippen LogP contribution is -2.57. The third-order valence-corrected chi connectivity index (χ3v) is 10.2. The first-order valence-electron chi connectivity index (χ1n) is 14.3. The molecule has 0 bridgehead atoms. The fourth-order valence-electron chi connectivity index (χ4n) is 6.41. The zero-order chi connectivity index (χ0) is 29.8. The molecule has 222 valence electrons. The molecule has 1 aliphatic carbocycles. The molecule has 9 nitrogen and oxygen atoms in total. The zero-order valence-electron chi connectivity index (χ0n) is 24.4. The number of aromatic nitrogens is 1. The molecule has 3 aromatic rings. The van der Waals surface area contributed by atoms with Gasteiger partial charge < -0.3 is 30.5 Å². The van der Waals surface area contributed by atoms with Crippen LogP contribution in [0.3, 0.4) is 0 Å². The van der Waals surface area contributed by atoms with Crippen LogP contribution in [0.15, 0.2) is 23.3 Å². The highest BCUT2D eigenvalue weighted by atomic mass is 32.1. The molecule has 6 rings (SSSR count). The second-order valence-corrected chi connectivity index (χ2v) is 12.9. The molecule has 12 heteroatoms. The Morgan fingerprint density at radius 1 is 1.24 bits per heavy atom. The Kier molecular flexibility index (Phi) is 7.55. The van der Waals surface area contributed by atoms with E-state index in [-0.39, 0.29) is 26.2 Å². The van der Waals surface area contributed by atoms with Gasteiger partial charge in [0.15, 0.2) is 11.6 Å². The summed E-state index contributed by atoms with van der Waals surface area (Å²) >= 11 is 0.863. The molecule has 0 spiro atoms. The smallest absolute Gasteiger partial charge is 0.227 e. The summed E-state index contributed by atoms with van der Waals surface area (Å²) in [5.41, 5.74) is 8.42. The van der Waals surface area contributed by atoms with Gasteiger partial charge in [-0.3, -0.25) is 4.98 Å². The minimum Gasteiger partial charge on any atom is -0.389 e. The monoisotopic (exact) mass is 594 g/mol. The van der Waals surface area contributed by atoms with Crippen LogP contribution in [0.1, 0.15) is 43.2 Å². The molecular weight excluding hydrogens is 558 g/mol. The fraction of sp³-hybridized carbons (Fsp3) is 0.500. The van der Waals surface area contributed by atoms with Gasteiger partial charge in [0, 0.05) is 42.3 Å². The standard InChI is InChI=1S/C30H36F2N8OS/c1-38(2)30(8-6-9-30)16-40(4)28-20-14-35-22(12-23(20)36-29(37-28)41-15-17-7-5-10-39(17)3)18-11-21(31)25(32)26-24(18)19(13-33)27(34)42-26/h11-12,14,17,29,36H,5-10,15-16,34H2,1-4H3. The molecule has 3 N–H and O–H groups in total. The van der Waals surface area contributed by atoms with E-state index in [1.807, 2.05) is 7.05 Å². The molecule has 2 atom stereocenters. The van der Waals surface area contributed by atoms with Crippen LogP contribution in [0.5, 0.6) is 0 Å². The van der Waals surface area contributed by atoms with Crippen molar-refractivity contribution in [3.05, 3.63) is 41.1 Å². The number of halogens is 2. The van der Waals surface area contributed by atoms with Gasteiger partial charge in [0.05, 0.1) is 33.8 Å². The number of pyridine rings is 1. The second-order valence-electron chi connectivity index (χ2n) is 11.9. The number of hydrogen-bond donors (Lipinski definition) is 2. The van der Waals surface area contributed by atoms with Gasteiger partial charge in [-0.2, -0.15) is 5.26 Å². The summed E-state index contributed by atoms with van der Waals surface area (Å²) in [6, 6.07) is 5.26. The number of amidine groups is 1. The number of nitriles is 1. The second kappa shape index (κ2) is 11.0. The number of ether oxygens (including phenoxy) is 1. The number of likely N-dealkylation sites (N-methyl/N-ethyl adjacent to an activating group) is 3. The van der Waals surface area contributed by atoms with E-state index in [1.54, 1.807) is 12.3 Å². The molecule has 3 aliphatic rings. The van der Waals surface area contributed by atoms with Gasteiger partial charge in [0.2, 0.25) is 6.35 Å². The number of nitrogens with one attached hydrogen (secondary N) is 1. The van der Waals surface area contributed by atoms with Gasteiger partial charge in [-0.1, -0.05) is 0 Å². The molecule has 2 fully saturated rings. The Balaban J connectivity index is 1.39. The van der Waals surface area contributed by atoms with E-state index in [0.717, 1.165) is 67.6 Å². The van der Waals surface area contributed by atoms with E-state index in [1.165, 1.54) is 6.42 Å². The first kappa shape index (κ1) is 28.7. The van der Waals surface area contributed by atoms with Gasteiger partial charge in [-0.25, -0.2) is 13.8 Å². The fourth-order valence-corrected chi connectivity index (χ4v) is 7.38. The number of nitrogens with zero attached hydrogens (tertiary/aromatic N) is 6. The van der Waals surface area contributed by atoms with Crippen molar-refractivity contribution < 1.29 is 13.5 Å². The number of nitrogens with two attached hydrogens (primary N) is 1. The topological polar surface area (TPSA) is 106 Å². The molecule has 1 saturated carbocycles. The number of nitrogen functional groups attached to an aromatic ring is 1. The normalized spacial score (nSPS) is 21.5. The molecule has 1 aromatic carbocycles. The highest BCUT2D eigenvalue weighted by Crippen LogP contribution is 2.43. The van der Waals surface area contributed by atoms with Gasteiger partial charge in [0.25, 0.3) is 0 Å². The molecule has 2 aromatic heterocycles. The number of benzene rings is 1. The lowest BCUT2D eigenvalue weighted by molar-refractivity contribution is 0.0361. The average Bonchev–Trinajstić information content (AvgIpc) is 3.51. The average molecular weight is 595 g/mol. The quantitative estimate of drug-likeness (QED) is 0.406. The van der Waals surface area contributed by atoms with Crippen molar-refractivity contribution in [1.82, 2.24) is 19.7 Å². The van der Waals surface area contributed by atoms with Crippen LogP contribution in [0.4, 0.5) is 19.5 Å². The zero-order valence-corrected chi connectivity index (χ0v) is 25.2. The summed E-state index contributed by atoms with van der Waals surface area (Å²) in [5.74, 6) is -1.28. The maximum Gasteiger partial charge on any atom is 0.227 e. The minimum absolute atomic E-state index is 0.00453. The van der Waals surface area contributed by atoms with Crippen molar-refractivity contribution in [1.29, 1.82) is 5.26 Å². The molecule has 1 saturated heterocycles. The van der Waals surface area contributed by atoms with E-state index in [2.05, 4.69) is 52.2 Å². The van der Waals surface area contributed by atoms with Crippen LogP contribution < -0.4 is 11.1 Å². The molecule has 2 aliphatic heterocycles. The van der Waals surface area contributed by atoms with Crippen LogP contribution in [0.25, 0.3) is 21.3 Å². The number of hydrogen-bond acceptors (Lipinski definition) is 10. The first-order valence-corrected chi connectivity index (χ1v) is 15.1. The third kappa shape index (κ3) is 4.88. The molecule has 2 unspecified atom stereocenters. The summed E-state index contributed by atoms with van der Waals surface area (Å²) in [5, 5.41) is 13.6. The van der Waals surface area contributed by atoms with Gasteiger partial charge in [-0.05, 0) is 71.9 Å².